The minimum absolute atomic E-state index is 0.154. The van der Waals surface area contributed by atoms with Crippen molar-refractivity contribution in [2.24, 2.45) is 5.41 Å². The number of amides is 1. The van der Waals surface area contributed by atoms with Gasteiger partial charge in [-0.2, -0.15) is 4.68 Å². The van der Waals surface area contributed by atoms with Crippen molar-refractivity contribution in [1.82, 2.24) is 19.6 Å². The van der Waals surface area contributed by atoms with E-state index in [4.69, 9.17) is 0 Å². The summed E-state index contributed by atoms with van der Waals surface area (Å²) in [6.45, 7) is 4.56. The van der Waals surface area contributed by atoms with Gasteiger partial charge in [0.1, 0.15) is 0 Å². The molecule has 1 spiro atoms. The monoisotopic (exact) mass is 417 g/mol. The number of hydrogen-bond donors (Lipinski definition) is 1. The molecular weight excluding hydrogens is 390 g/mol. The molecule has 1 N–H and O–H groups in total. The number of rotatable bonds is 4. The van der Waals surface area contributed by atoms with Gasteiger partial charge in [-0.25, -0.2) is 13.2 Å². The van der Waals surface area contributed by atoms with Crippen LogP contribution in [0.25, 0.3) is 0 Å². The normalized spacial score (nSPS) is 19.6. The zero-order chi connectivity index (χ0) is 20.5. The summed E-state index contributed by atoms with van der Waals surface area (Å²) in [5, 5.41) is 4.05. The number of hydrogen-bond acceptors (Lipinski definition) is 5. The van der Waals surface area contributed by atoms with Crippen molar-refractivity contribution >= 4 is 21.9 Å². The first-order valence-electron chi connectivity index (χ1n) is 9.91. The van der Waals surface area contributed by atoms with Gasteiger partial charge in [-0.3, -0.25) is 9.62 Å². The van der Waals surface area contributed by atoms with Gasteiger partial charge in [0, 0.05) is 38.4 Å². The lowest BCUT2D eigenvalue weighted by molar-refractivity contribution is 0.118. The first-order chi connectivity index (χ1) is 13.8. The smallest absolute Gasteiger partial charge is 0.323 e. The summed E-state index contributed by atoms with van der Waals surface area (Å²) in [6, 6.07) is 11.8. The second-order valence-corrected chi connectivity index (χ2v) is 9.98. The van der Waals surface area contributed by atoms with Crippen LogP contribution in [0.4, 0.5) is 10.6 Å². The molecule has 1 aromatic heterocycles. The molecule has 0 unspecified atom stereocenters. The summed E-state index contributed by atoms with van der Waals surface area (Å²) in [5.74, 6) is 0.154. The highest BCUT2D eigenvalue weighted by atomic mass is 32.2. The second kappa shape index (κ2) is 7.79. The highest BCUT2D eigenvalue weighted by Gasteiger charge is 2.41. The molecule has 156 valence electrons. The SMILES string of the molecule is CS(=O)(=O)Nc1ccn(C(=O)N2CCC3(CCN(Cc4ccccc4)C3)CC2)n1. The lowest BCUT2D eigenvalue weighted by atomic mass is 9.78. The molecule has 0 aliphatic carbocycles. The van der Waals surface area contributed by atoms with Gasteiger partial charge in [-0.1, -0.05) is 30.3 Å². The van der Waals surface area contributed by atoms with Crippen molar-refractivity contribution in [1.29, 1.82) is 0 Å². The molecule has 8 nitrogen and oxygen atoms in total. The maximum atomic E-state index is 12.7. The van der Waals surface area contributed by atoms with E-state index < -0.39 is 10.0 Å². The first-order valence-corrected chi connectivity index (χ1v) is 11.8. The molecule has 1 aromatic carbocycles. The first kappa shape index (κ1) is 19.9. The van der Waals surface area contributed by atoms with Crippen molar-refractivity contribution in [3.8, 4) is 0 Å². The van der Waals surface area contributed by atoms with E-state index in [9.17, 15) is 13.2 Å². The van der Waals surface area contributed by atoms with Crippen LogP contribution in [0.3, 0.4) is 0 Å². The molecule has 0 atom stereocenters. The van der Waals surface area contributed by atoms with E-state index in [1.54, 1.807) is 0 Å². The van der Waals surface area contributed by atoms with Crippen LogP contribution in [0.1, 0.15) is 24.8 Å². The Morgan fingerprint density at radius 2 is 1.79 bits per heavy atom. The Labute approximate surface area is 171 Å². The summed E-state index contributed by atoms with van der Waals surface area (Å²) in [6.07, 6.45) is 5.70. The van der Waals surface area contributed by atoms with E-state index in [1.165, 1.54) is 28.9 Å². The Hall–Kier alpha value is -2.39. The van der Waals surface area contributed by atoms with Crippen molar-refractivity contribution in [3.63, 3.8) is 0 Å². The zero-order valence-corrected chi connectivity index (χ0v) is 17.4. The lowest BCUT2D eigenvalue weighted by Crippen LogP contribution is -2.45. The fourth-order valence-electron chi connectivity index (χ4n) is 4.40. The minimum Gasteiger partial charge on any atom is -0.323 e. The van der Waals surface area contributed by atoms with E-state index in [-0.39, 0.29) is 11.8 Å². The quantitative estimate of drug-likeness (QED) is 0.824. The number of benzene rings is 1. The lowest BCUT2D eigenvalue weighted by Gasteiger charge is -2.39. The van der Waals surface area contributed by atoms with Gasteiger partial charge in [-0.15, -0.1) is 5.10 Å². The van der Waals surface area contributed by atoms with Crippen molar-refractivity contribution in [2.45, 2.75) is 25.8 Å². The molecule has 9 heteroatoms. The molecule has 2 aliphatic heterocycles. The van der Waals surface area contributed by atoms with Crippen LogP contribution in [-0.4, -0.2) is 66.5 Å². The van der Waals surface area contributed by atoms with Crippen LogP contribution in [0.15, 0.2) is 42.6 Å². The van der Waals surface area contributed by atoms with Crippen LogP contribution in [0.5, 0.6) is 0 Å². The molecule has 0 bridgehead atoms. The predicted molar refractivity (Wildman–Crippen MR) is 111 cm³/mol. The summed E-state index contributed by atoms with van der Waals surface area (Å²) in [7, 11) is -3.41. The molecule has 0 saturated carbocycles. The molecule has 2 fully saturated rings. The Morgan fingerprint density at radius 3 is 2.48 bits per heavy atom. The van der Waals surface area contributed by atoms with Crippen molar-refractivity contribution < 1.29 is 13.2 Å². The number of piperidine rings is 1. The fourth-order valence-corrected chi connectivity index (χ4v) is 4.89. The van der Waals surface area contributed by atoms with E-state index in [1.807, 2.05) is 11.0 Å². The molecule has 2 aromatic rings. The maximum Gasteiger partial charge on any atom is 0.344 e. The zero-order valence-electron chi connectivity index (χ0n) is 16.6. The molecule has 0 radical (unpaired) electrons. The Bertz CT molecular complexity index is 965. The highest BCUT2D eigenvalue weighted by Crippen LogP contribution is 2.40. The van der Waals surface area contributed by atoms with E-state index >= 15 is 0 Å². The van der Waals surface area contributed by atoms with Gasteiger partial charge in [0.25, 0.3) is 0 Å². The largest absolute Gasteiger partial charge is 0.344 e. The number of nitrogens with one attached hydrogen (secondary N) is 1. The van der Waals surface area contributed by atoms with Crippen LogP contribution < -0.4 is 4.72 Å². The number of sulfonamides is 1. The fraction of sp³-hybridized carbons (Fsp3) is 0.500. The topological polar surface area (TPSA) is 87.5 Å². The average Bonchev–Trinajstić information content (AvgIpc) is 3.29. The number of anilines is 1. The number of carbonyl (C=O) groups excluding carboxylic acids is 1. The summed E-state index contributed by atoms with van der Waals surface area (Å²) < 4.78 is 26.1. The molecule has 2 saturated heterocycles. The summed E-state index contributed by atoms with van der Waals surface area (Å²) in [4.78, 5) is 17.1. The molecule has 4 rings (SSSR count). The van der Waals surface area contributed by atoms with Gasteiger partial charge >= 0.3 is 6.03 Å². The maximum absolute atomic E-state index is 12.7. The minimum atomic E-state index is -3.41. The third-order valence-corrected chi connectivity index (χ3v) is 6.52. The predicted octanol–water partition coefficient (Wildman–Crippen LogP) is 2.21. The Kier molecular flexibility index (Phi) is 5.35. The van der Waals surface area contributed by atoms with E-state index in [0.717, 1.165) is 38.7 Å². The van der Waals surface area contributed by atoms with E-state index in [2.05, 4.69) is 39.0 Å². The molecule has 29 heavy (non-hydrogen) atoms. The Morgan fingerprint density at radius 1 is 1.10 bits per heavy atom. The molecular formula is C20H27N5O3S. The van der Waals surface area contributed by atoms with Crippen molar-refractivity contribution in [2.75, 3.05) is 37.2 Å². The standard InChI is InChI=1S/C20H27N5O3S/c1-29(27,28)22-18-7-11-25(21-18)19(26)24-13-9-20(10-14-24)8-12-23(16-20)15-17-5-3-2-4-6-17/h2-7,11H,8-10,12-16H2,1H3,(H,21,22). The Balaban J connectivity index is 1.32. The van der Waals surface area contributed by atoms with Gasteiger partial charge in [-0.05, 0) is 36.8 Å². The van der Waals surface area contributed by atoms with Gasteiger partial charge in [0.05, 0.1) is 6.26 Å². The van der Waals surface area contributed by atoms with Crippen molar-refractivity contribution in [3.05, 3.63) is 48.2 Å². The third kappa shape index (κ3) is 4.79. The van der Waals surface area contributed by atoms with Gasteiger partial charge in [0.15, 0.2) is 5.82 Å². The second-order valence-electron chi connectivity index (χ2n) is 8.24. The number of aromatic nitrogens is 2. The van der Waals surface area contributed by atoms with Gasteiger partial charge < -0.3 is 4.90 Å². The van der Waals surface area contributed by atoms with Crippen LogP contribution in [-0.2, 0) is 16.6 Å². The van der Waals surface area contributed by atoms with Gasteiger partial charge in [0.2, 0.25) is 10.0 Å². The average molecular weight is 418 g/mol. The highest BCUT2D eigenvalue weighted by molar-refractivity contribution is 7.92. The van der Waals surface area contributed by atoms with Crippen LogP contribution >= 0.6 is 0 Å². The number of nitrogens with zero attached hydrogens (tertiary/aromatic N) is 4. The van der Waals surface area contributed by atoms with Crippen LogP contribution in [0, 0.1) is 5.41 Å². The summed E-state index contributed by atoms with van der Waals surface area (Å²) >= 11 is 0. The molecule has 1 amide bonds. The third-order valence-electron chi connectivity index (χ3n) is 5.94. The summed E-state index contributed by atoms with van der Waals surface area (Å²) in [5.41, 5.74) is 1.63. The number of likely N-dealkylation sites (tertiary alicyclic amines) is 2. The molecule has 2 aliphatic rings. The number of carbonyl (C=O) groups is 1. The molecule has 3 heterocycles. The van der Waals surface area contributed by atoms with Crippen LogP contribution in [0.2, 0.25) is 0 Å². The van der Waals surface area contributed by atoms with E-state index in [0.29, 0.717) is 18.5 Å².